The van der Waals surface area contributed by atoms with Crippen LogP contribution in [-0.2, 0) is 0 Å². The first-order chi connectivity index (χ1) is 11.2. The molecule has 1 aliphatic carbocycles. The van der Waals surface area contributed by atoms with Crippen molar-refractivity contribution < 1.29 is 9.32 Å². The molecule has 0 spiro atoms. The number of aromatic nitrogens is 1. The predicted molar refractivity (Wildman–Crippen MR) is 87.6 cm³/mol. The van der Waals surface area contributed by atoms with E-state index in [9.17, 15) is 4.79 Å². The maximum atomic E-state index is 12.4. The summed E-state index contributed by atoms with van der Waals surface area (Å²) in [5.74, 6) is 1.59. The standard InChI is InChI=1S/C18H21N3O2/c1-12-10-21(14-5-3-2-4-6-14)11-16(12)19-18(22)15-9-17(23-20-15)13-7-8-13/h2-6,9,12-13,16H,7-8,10-11H2,1H3,(H,19,22)/t12-,16-/m0/s1. The molecule has 0 radical (unpaired) electrons. The average molecular weight is 311 g/mol. The van der Waals surface area contributed by atoms with Gasteiger partial charge in [-0.1, -0.05) is 30.3 Å². The van der Waals surface area contributed by atoms with Crippen LogP contribution in [0.2, 0.25) is 0 Å². The number of hydrogen-bond acceptors (Lipinski definition) is 4. The van der Waals surface area contributed by atoms with Crippen LogP contribution in [0.25, 0.3) is 0 Å². The molecule has 1 aromatic carbocycles. The largest absolute Gasteiger partial charge is 0.369 e. The fraction of sp³-hybridized carbons (Fsp3) is 0.444. The van der Waals surface area contributed by atoms with Crippen molar-refractivity contribution in [3.05, 3.63) is 47.9 Å². The lowest BCUT2D eigenvalue weighted by molar-refractivity contribution is 0.0924. The third-order valence-electron chi connectivity index (χ3n) is 4.79. The summed E-state index contributed by atoms with van der Waals surface area (Å²) in [6, 6.07) is 12.2. The molecule has 5 nitrogen and oxygen atoms in total. The van der Waals surface area contributed by atoms with Crippen LogP contribution in [0.5, 0.6) is 0 Å². The van der Waals surface area contributed by atoms with Crippen LogP contribution in [0.3, 0.4) is 0 Å². The molecule has 120 valence electrons. The molecule has 2 atom stereocenters. The van der Waals surface area contributed by atoms with Gasteiger partial charge in [-0.3, -0.25) is 4.79 Å². The highest BCUT2D eigenvalue weighted by molar-refractivity contribution is 5.92. The summed E-state index contributed by atoms with van der Waals surface area (Å²) in [5, 5.41) is 7.04. The van der Waals surface area contributed by atoms with Crippen molar-refractivity contribution in [2.24, 2.45) is 5.92 Å². The van der Waals surface area contributed by atoms with Crippen molar-refractivity contribution in [1.29, 1.82) is 0 Å². The van der Waals surface area contributed by atoms with Crippen molar-refractivity contribution in [3.8, 4) is 0 Å². The minimum Gasteiger partial charge on any atom is -0.369 e. The van der Waals surface area contributed by atoms with Gasteiger partial charge in [-0.25, -0.2) is 0 Å². The number of carbonyl (C=O) groups excluding carboxylic acids is 1. The fourth-order valence-corrected chi connectivity index (χ4v) is 3.20. The fourth-order valence-electron chi connectivity index (χ4n) is 3.20. The summed E-state index contributed by atoms with van der Waals surface area (Å²) in [5.41, 5.74) is 1.60. The second-order valence-corrected chi connectivity index (χ2v) is 6.69. The Morgan fingerprint density at radius 3 is 2.78 bits per heavy atom. The van der Waals surface area contributed by atoms with E-state index in [2.05, 4.69) is 34.4 Å². The van der Waals surface area contributed by atoms with E-state index in [1.54, 1.807) is 6.07 Å². The second kappa shape index (κ2) is 5.72. The zero-order chi connectivity index (χ0) is 15.8. The van der Waals surface area contributed by atoms with Gasteiger partial charge >= 0.3 is 0 Å². The number of rotatable bonds is 4. The summed E-state index contributed by atoms with van der Waals surface area (Å²) in [6.45, 7) is 3.94. The maximum Gasteiger partial charge on any atom is 0.273 e. The molecule has 2 aromatic rings. The lowest BCUT2D eigenvalue weighted by Crippen LogP contribution is -2.40. The van der Waals surface area contributed by atoms with E-state index in [0.29, 0.717) is 17.5 Å². The van der Waals surface area contributed by atoms with E-state index in [-0.39, 0.29) is 11.9 Å². The highest BCUT2D eigenvalue weighted by Gasteiger charge is 2.33. The number of amides is 1. The molecular weight excluding hydrogens is 290 g/mol. The molecule has 1 aliphatic heterocycles. The Labute approximate surface area is 135 Å². The first-order valence-electron chi connectivity index (χ1n) is 8.28. The van der Waals surface area contributed by atoms with Crippen LogP contribution in [0, 0.1) is 5.92 Å². The highest BCUT2D eigenvalue weighted by Crippen LogP contribution is 2.40. The summed E-state index contributed by atoms with van der Waals surface area (Å²) in [6.07, 6.45) is 2.28. The molecule has 2 aliphatic rings. The van der Waals surface area contributed by atoms with E-state index in [1.807, 2.05) is 18.2 Å². The summed E-state index contributed by atoms with van der Waals surface area (Å²) >= 11 is 0. The molecule has 1 saturated carbocycles. The lowest BCUT2D eigenvalue weighted by Gasteiger charge is -2.18. The number of para-hydroxylation sites is 1. The highest BCUT2D eigenvalue weighted by atomic mass is 16.5. The number of nitrogens with one attached hydrogen (secondary N) is 1. The van der Waals surface area contributed by atoms with Crippen LogP contribution in [0.4, 0.5) is 5.69 Å². The number of nitrogens with zero attached hydrogens (tertiary/aromatic N) is 2. The van der Waals surface area contributed by atoms with Gasteiger partial charge in [0.2, 0.25) is 0 Å². The summed E-state index contributed by atoms with van der Waals surface area (Å²) in [4.78, 5) is 14.7. The lowest BCUT2D eigenvalue weighted by atomic mass is 10.1. The Morgan fingerprint density at radius 2 is 2.04 bits per heavy atom. The Balaban J connectivity index is 1.40. The first-order valence-corrected chi connectivity index (χ1v) is 8.28. The Bertz CT molecular complexity index is 693. The van der Waals surface area contributed by atoms with Crippen LogP contribution in [0.1, 0.15) is 41.9 Å². The summed E-state index contributed by atoms with van der Waals surface area (Å²) < 4.78 is 5.27. The van der Waals surface area contributed by atoms with Crippen LogP contribution >= 0.6 is 0 Å². The maximum absolute atomic E-state index is 12.4. The normalized spacial score (nSPS) is 24.0. The Morgan fingerprint density at radius 1 is 1.26 bits per heavy atom. The van der Waals surface area contributed by atoms with Gasteiger partial charge in [0, 0.05) is 30.8 Å². The van der Waals surface area contributed by atoms with Crippen LogP contribution < -0.4 is 10.2 Å². The van der Waals surface area contributed by atoms with Gasteiger partial charge in [0.25, 0.3) is 5.91 Å². The topological polar surface area (TPSA) is 58.4 Å². The zero-order valence-corrected chi connectivity index (χ0v) is 13.2. The Hall–Kier alpha value is -2.30. The SMILES string of the molecule is C[C@H]1CN(c2ccccc2)C[C@@H]1NC(=O)c1cc(C2CC2)on1. The van der Waals surface area contributed by atoms with Gasteiger partial charge < -0.3 is 14.7 Å². The van der Waals surface area contributed by atoms with Gasteiger partial charge in [-0.05, 0) is 30.9 Å². The summed E-state index contributed by atoms with van der Waals surface area (Å²) in [7, 11) is 0. The van der Waals surface area contributed by atoms with Crippen molar-refractivity contribution in [2.45, 2.75) is 31.7 Å². The molecule has 23 heavy (non-hydrogen) atoms. The number of benzene rings is 1. The van der Waals surface area contributed by atoms with E-state index in [4.69, 9.17) is 4.52 Å². The van der Waals surface area contributed by atoms with Crippen molar-refractivity contribution in [2.75, 3.05) is 18.0 Å². The third kappa shape index (κ3) is 2.96. The first kappa shape index (κ1) is 14.3. The van der Waals surface area contributed by atoms with Crippen molar-refractivity contribution in [1.82, 2.24) is 10.5 Å². The van der Waals surface area contributed by atoms with Gasteiger partial charge in [0.05, 0.1) is 6.04 Å². The average Bonchev–Trinajstić information content (AvgIpc) is 3.18. The van der Waals surface area contributed by atoms with Crippen LogP contribution in [0.15, 0.2) is 40.9 Å². The minimum atomic E-state index is -0.132. The molecule has 5 heteroatoms. The van der Waals surface area contributed by atoms with Crippen molar-refractivity contribution >= 4 is 11.6 Å². The number of carbonyl (C=O) groups is 1. The van der Waals surface area contributed by atoms with Crippen LogP contribution in [-0.4, -0.2) is 30.2 Å². The molecule has 1 N–H and O–H groups in total. The minimum absolute atomic E-state index is 0.129. The smallest absolute Gasteiger partial charge is 0.273 e. The molecule has 4 rings (SSSR count). The molecule has 0 unspecified atom stereocenters. The Kier molecular flexibility index (Phi) is 3.56. The van der Waals surface area contributed by atoms with Gasteiger partial charge in [0.15, 0.2) is 5.69 Å². The van der Waals surface area contributed by atoms with E-state index < -0.39 is 0 Å². The van der Waals surface area contributed by atoms with Gasteiger partial charge in [0.1, 0.15) is 5.76 Å². The third-order valence-corrected chi connectivity index (χ3v) is 4.79. The molecule has 1 saturated heterocycles. The van der Waals surface area contributed by atoms with E-state index in [0.717, 1.165) is 31.7 Å². The molecule has 1 amide bonds. The molecule has 2 fully saturated rings. The van der Waals surface area contributed by atoms with Gasteiger partial charge in [-0.2, -0.15) is 0 Å². The molecule has 2 heterocycles. The quantitative estimate of drug-likeness (QED) is 0.943. The van der Waals surface area contributed by atoms with E-state index in [1.165, 1.54) is 5.69 Å². The molecule has 1 aromatic heterocycles. The molecule has 0 bridgehead atoms. The molecular formula is C18H21N3O2. The second-order valence-electron chi connectivity index (χ2n) is 6.69. The van der Waals surface area contributed by atoms with Crippen molar-refractivity contribution in [3.63, 3.8) is 0 Å². The number of anilines is 1. The predicted octanol–water partition coefficient (Wildman–Crippen LogP) is 2.81. The monoisotopic (exact) mass is 311 g/mol. The van der Waals surface area contributed by atoms with E-state index >= 15 is 0 Å². The zero-order valence-electron chi connectivity index (χ0n) is 13.2. The van der Waals surface area contributed by atoms with Gasteiger partial charge in [-0.15, -0.1) is 0 Å². The number of hydrogen-bond donors (Lipinski definition) is 1.